The smallest absolute Gasteiger partial charge is 0.509 e. The molecule has 0 saturated heterocycles. The van der Waals surface area contributed by atoms with Gasteiger partial charge in [-0.25, -0.2) is 30.0 Å². The summed E-state index contributed by atoms with van der Waals surface area (Å²) in [4.78, 5) is 45.1. The summed E-state index contributed by atoms with van der Waals surface area (Å²) in [7, 11) is -2.85. The molecular formula is C115H155AlN9OS4Si+. The van der Waals surface area contributed by atoms with E-state index in [2.05, 4.69) is 235 Å². The zero-order chi connectivity index (χ0) is 90.2. The number of quaternary nitrogens is 1. The van der Waals surface area contributed by atoms with Gasteiger partial charge in [-0.2, -0.15) is 0 Å². The molecule has 0 amide bonds. The molecule has 8 aromatic carbocycles. The van der Waals surface area contributed by atoms with E-state index in [1.54, 1.807) is 47.0 Å². The lowest BCUT2D eigenvalue weighted by Gasteiger charge is -2.40. The summed E-state index contributed by atoms with van der Waals surface area (Å²) in [6, 6.07) is 71.1. The third-order valence-electron chi connectivity index (χ3n) is 27.8. The number of aliphatic imine (C=N–C) groups is 4. The summed E-state index contributed by atoms with van der Waals surface area (Å²) in [6.45, 7) is 17.1. The Hall–Kier alpha value is -6.81. The van der Waals surface area contributed by atoms with Gasteiger partial charge in [-0.15, -0.1) is 0 Å². The Bertz CT molecular complexity index is 5310. The lowest BCUT2D eigenvalue weighted by Crippen LogP contribution is -2.54. The molecule has 6 bridgehead atoms. The van der Waals surface area contributed by atoms with Crippen molar-refractivity contribution >= 4 is 127 Å². The van der Waals surface area contributed by atoms with Crippen molar-refractivity contribution in [2.24, 2.45) is 30.0 Å². The van der Waals surface area contributed by atoms with Crippen molar-refractivity contribution in [3.05, 3.63) is 227 Å². The third kappa shape index (κ3) is 29.6. The fourth-order valence-electron chi connectivity index (χ4n) is 20.4. The fourth-order valence-corrected chi connectivity index (χ4v) is 30.8. The average Bonchev–Trinajstić information content (AvgIpc) is 1.54. The second-order valence-electron chi connectivity index (χ2n) is 38.8. The SMILES string of the molecule is CCCCCCCCCCCCCCCCCC[N+](CCCCCCCCCCCCCCCCCC)(CCCCCCCCCCCCCCCCCC)CCC[Si](C)(C)[O][Al]1[n]2c3c4cccc(Sc5ccccc5)c4c2N=C2N=C(N=c4c5cccc(Sc6ccccc6)c5c([n]41)=NC1=NC(=N3)c3c(Sc4ccccc4)cccc31)c1c(Sc3ccccc3)cccc12. The number of unbranched alkanes of at least 4 members (excludes halogenated alkanes) is 45. The fraction of sp³-hybridized carbons (Fsp3) is 0.513. The van der Waals surface area contributed by atoms with Crippen LogP contribution in [0.15, 0.2) is 263 Å². The molecule has 6 heterocycles. The Kier molecular flexibility index (Phi) is 41.9. The zero-order valence-electron chi connectivity index (χ0n) is 80.8. The van der Waals surface area contributed by atoms with Gasteiger partial charge in [-0.05, 0) is 137 Å². The number of rotatable bonds is 65. The molecular weight excluding hydrogens is 1710 g/mol. The van der Waals surface area contributed by atoms with E-state index < -0.39 is 23.2 Å². The van der Waals surface area contributed by atoms with Crippen molar-refractivity contribution < 1.29 is 7.96 Å². The van der Waals surface area contributed by atoms with Gasteiger partial charge < -0.3 is 15.1 Å². The molecule has 131 heavy (non-hydrogen) atoms. The van der Waals surface area contributed by atoms with Crippen LogP contribution in [0.2, 0.25) is 19.1 Å². The first-order valence-electron chi connectivity index (χ1n) is 52.5. The summed E-state index contributed by atoms with van der Waals surface area (Å²) in [6.07, 6.45) is 68.1. The Labute approximate surface area is 812 Å². The average molecular weight is 1860 g/mol. The summed E-state index contributed by atoms with van der Waals surface area (Å²) >= 11 is 3.68. The number of amidine groups is 4. The molecule has 10 nitrogen and oxygen atoms in total. The van der Waals surface area contributed by atoms with Crippen molar-refractivity contribution in [1.82, 2.24) is 7.10 Å². The molecule has 0 N–H and O–H groups in total. The highest BCUT2D eigenvalue weighted by molar-refractivity contribution is 8.00. The van der Waals surface area contributed by atoms with Gasteiger partial charge in [0.15, 0.2) is 31.7 Å². The van der Waals surface area contributed by atoms with E-state index in [1.807, 2.05) is 0 Å². The first-order chi connectivity index (χ1) is 64.7. The van der Waals surface area contributed by atoms with E-state index >= 15 is 0 Å². The lowest BCUT2D eigenvalue weighted by atomic mass is 10.0. The second-order valence-corrected chi connectivity index (χ2v) is 49.9. The van der Waals surface area contributed by atoms with Crippen LogP contribution in [0.1, 0.15) is 358 Å². The van der Waals surface area contributed by atoms with Gasteiger partial charge >= 0.3 is 14.9 Å². The minimum absolute atomic E-state index is 0.625. The summed E-state index contributed by atoms with van der Waals surface area (Å²) in [5, 5.41) is 3.99. The number of benzene rings is 8. The minimum Gasteiger partial charge on any atom is -0.509 e. The molecule has 2 aromatic heterocycles. The van der Waals surface area contributed by atoms with Crippen LogP contribution in [0.25, 0.3) is 21.5 Å². The molecule has 10 aromatic rings. The van der Waals surface area contributed by atoms with Gasteiger partial charge in [-0.1, -0.05) is 459 Å². The predicted octanol–water partition coefficient (Wildman–Crippen LogP) is 34.7. The van der Waals surface area contributed by atoms with Crippen LogP contribution in [-0.4, -0.2) is 84.3 Å². The van der Waals surface area contributed by atoms with Crippen molar-refractivity contribution in [3.8, 4) is 0 Å². The van der Waals surface area contributed by atoms with Gasteiger partial charge in [0, 0.05) is 83.0 Å². The Morgan fingerprint density at radius 2 is 0.565 bits per heavy atom. The summed E-state index contributed by atoms with van der Waals surface area (Å²) in [5.74, 6) is 4.07. The number of fused-ring (bicyclic) bond motifs is 14. The molecule has 4 aliphatic heterocycles. The second kappa shape index (κ2) is 54.8. The van der Waals surface area contributed by atoms with Crippen LogP contribution in [0.5, 0.6) is 0 Å². The van der Waals surface area contributed by atoms with E-state index in [9.17, 15) is 0 Å². The van der Waals surface area contributed by atoms with Crippen molar-refractivity contribution in [1.29, 1.82) is 0 Å². The lowest BCUT2D eigenvalue weighted by molar-refractivity contribution is -0.929. The normalized spacial score (nSPS) is 13.3. The highest BCUT2D eigenvalue weighted by Crippen LogP contribution is 2.49. The molecule has 14 rings (SSSR count). The molecule has 0 radical (unpaired) electrons. The molecule has 0 unspecified atom stereocenters. The highest BCUT2D eigenvalue weighted by Gasteiger charge is 2.47. The van der Waals surface area contributed by atoms with E-state index in [4.69, 9.17) is 33.4 Å². The quantitative estimate of drug-likeness (QED) is 0.0215. The number of hydrogen-bond acceptors (Lipinski definition) is 11. The maximum absolute atomic E-state index is 8.87. The van der Waals surface area contributed by atoms with E-state index in [0.717, 1.165) is 118 Å². The van der Waals surface area contributed by atoms with E-state index in [1.165, 1.54) is 339 Å². The molecule has 0 spiro atoms. The summed E-state index contributed by atoms with van der Waals surface area (Å²) < 4.78 is 15.1. The highest BCUT2D eigenvalue weighted by atomic mass is 32.2. The number of nitrogens with zero attached hydrogens (tertiary/aromatic N) is 9. The van der Waals surface area contributed by atoms with Crippen molar-refractivity contribution in [3.63, 3.8) is 0 Å². The Balaban J connectivity index is 0.830. The van der Waals surface area contributed by atoms with Crippen LogP contribution in [0.3, 0.4) is 0 Å². The van der Waals surface area contributed by atoms with Gasteiger partial charge in [0.25, 0.3) is 0 Å². The topological polar surface area (TPSA) is 93.2 Å². The van der Waals surface area contributed by atoms with Crippen LogP contribution in [0.4, 0.5) is 11.6 Å². The van der Waals surface area contributed by atoms with E-state index in [0.29, 0.717) is 23.3 Å². The maximum Gasteiger partial charge on any atom is 0.798 e. The zero-order valence-corrected chi connectivity index (χ0v) is 86.2. The third-order valence-corrected chi connectivity index (χ3v) is 38.9. The molecule has 4 aliphatic rings. The van der Waals surface area contributed by atoms with Gasteiger partial charge in [-0.3, -0.25) is 0 Å². The standard InChI is InChI=1S/C59H123NOSi.C56H32N8S4.Al/c1-6-9-12-15-18-21-24-27-30-33-36-39-42-45-48-51-55-60(58-54-59-62(4,5)61,56-52-49-46-43-40-37-34-31-28-25-22-19-16-13-10-7-2)57-53-50-47-44-41-38-35-32-29-26-23-20-17-14-11-8-3;1-5-17-33(18-6-1)65-41-29-13-25-37-45(41)53-57-49(37)62-54-47-39(27-15-31-43(47)67-35-21-9-3-10-22-35)51(59-54)64-56-48-40(28-16-32-44(48)68-36-23-11-4-12-24-36)52(60-56)63-55-46-38(50(58-55)61-53)26-14-30-42(46)66-34-19-7-2-8-20-34;/h6-59H2,1-5H3;1-32H;/q;-2;+3. The number of aromatic nitrogens is 2. The van der Waals surface area contributed by atoms with Gasteiger partial charge in [0.05, 0.1) is 26.2 Å². The Morgan fingerprint density at radius 3 is 0.954 bits per heavy atom. The molecule has 16 heteroatoms. The first kappa shape index (κ1) is 100. The molecule has 0 atom stereocenters. The summed E-state index contributed by atoms with van der Waals surface area (Å²) in [5.41, 5.74) is 5.39. The molecule has 0 saturated carbocycles. The van der Waals surface area contributed by atoms with Crippen LogP contribution < -0.4 is 11.0 Å². The number of hydrogen-bond donors (Lipinski definition) is 0. The Morgan fingerprint density at radius 1 is 0.267 bits per heavy atom. The molecule has 0 fully saturated rings. The van der Waals surface area contributed by atoms with Crippen LogP contribution >= 0.6 is 47.0 Å². The maximum atomic E-state index is 8.87. The van der Waals surface area contributed by atoms with E-state index in [-0.39, 0.29) is 0 Å². The molecule has 0 aliphatic carbocycles. The molecule has 696 valence electrons. The van der Waals surface area contributed by atoms with Crippen molar-refractivity contribution in [2.45, 2.75) is 394 Å². The van der Waals surface area contributed by atoms with Crippen LogP contribution in [0, 0.1) is 0 Å². The first-order valence-corrected chi connectivity index (χ1v) is 60.4. The van der Waals surface area contributed by atoms with Gasteiger partial charge in [0.1, 0.15) is 22.6 Å². The predicted molar refractivity (Wildman–Crippen MR) is 570 cm³/mol. The monoisotopic (exact) mass is 1860 g/mol. The van der Waals surface area contributed by atoms with Gasteiger partial charge in [0.2, 0.25) is 0 Å². The van der Waals surface area contributed by atoms with Crippen molar-refractivity contribution in [2.75, 3.05) is 26.2 Å². The minimum atomic E-state index is -3.39. The van der Waals surface area contributed by atoms with Crippen LogP contribution in [-0.2, 0) is 3.48 Å². The largest absolute Gasteiger partial charge is 0.798 e.